The smallest absolute Gasteiger partial charge is 0.407 e. The van der Waals surface area contributed by atoms with Crippen molar-refractivity contribution in [1.82, 2.24) is 5.32 Å². The van der Waals surface area contributed by atoms with E-state index in [-0.39, 0.29) is 12.4 Å². The van der Waals surface area contributed by atoms with Crippen molar-refractivity contribution in [2.75, 3.05) is 0 Å². The lowest BCUT2D eigenvalue weighted by atomic mass is 9.83. The van der Waals surface area contributed by atoms with Gasteiger partial charge in [0.05, 0.1) is 6.04 Å². The molecule has 1 N–H and O–H groups in total. The Hall–Kier alpha value is -0.970. The van der Waals surface area contributed by atoms with Gasteiger partial charge in [-0.15, -0.1) is 0 Å². The van der Waals surface area contributed by atoms with Gasteiger partial charge in [-0.1, -0.05) is 71.6 Å². The molecule has 2 atom stereocenters. The average molecular weight is 379 g/mol. The number of nitrogens with one attached hydrogen (secondary N) is 1. The molecule has 0 spiro atoms. The molecule has 0 aromatic heterocycles. The van der Waals surface area contributed by atoms with Gasteiger partial charge in [-0.2, -0.15) is 0 Å². The number of carbonyl (C=O) groups is 2. The lowest BCUT2D eigenvalue weighted by Crippen LogP contribution is -2.51. The third kappa shape index (κ3) is 5.55. The van der Waals surface area contributed by atoms with E-state index in [1.807, 2.05) is 30.3 Å². The molecule has 1 aromatic rings. The van der Waals surface area contributed by atoms with Gasteiger partial charge in [0, 0.05) is 12.3 Å². The molecule has 1 aromatic carbocycles. The van der Waals surface area contributed by atoms with Crippen LogP contribution in [0.25, 0.3) is 0 Å². The Morgan fingerprint density at radius 2 is 1.96 bits per heavy atom. The van der Waals surface area contributed by atoms with Gasteiger partial charge < -0.3 is 10.1 Å². The molecular formula is C16H18Cl3NO3. The Labute approximate surface area is 150 Å². The molecule has 0 aliphatic heterocycles. The molecule has 0 unspecified atom stereocenters. The number of hydrogen-bond donors (Lipinski definition) is 1. The number of carbonyl (C=O) groups excluding carboxylic acids is 2. The fourth-order valence-electron chi connectivity index (χ4n) is 2.66. The van der Waals surface area contributed by atoms with Crippen molar-refractivity contribution in [2.24, 2.45) is 5.92 Å². The summed E-state index contributed by atoms with van der Waals surface area (Å²) >= 11 is 17.9. The molecule has 1 amide bonds. The van der Waals surface area contributed by atoms with E-state index in [0.29, 0.717) is 12.8 Å². The van der Waals surface area contributed by atoms with Gasteiger partial charge in [-0.05, 0) is 18.4 Å². The number of halogens is 3. The molecule has 1 saturated carbocycles. The first-order chi connectivity index (χ1) is 10.9. The van der Waals surface area contributed by atoms with E-state index in [0.717, 1.165) is 18.4 Å². The van der Waals surface area contributed by atoms with Crippen LogP contribution in [0.2, 0.25) is 0 Å². The van der Waals surface area contributed by atoms with Gasteiger partial charge in [-0.25, -0.2) is 4.79 Å². The first-order valence-electron chi connectivity index (χ1n) is 7.44. The highest BCUT2D eigenvalue weighted by atomic mass is 35.6. The molecule has 1 aliphatic rings. The zero-order chi connectivity index (χ0) is 16.9. The van der Waals surface area contributed by atoms with Crippen molar-refractivity contribution < 1.29 is 14.3 Å². The quantitative estimate of drug-likeness (QED) is 0.790. The molecule has 1 fully saturated rings. The molecule has 23 heavy (non-hydrogen) atoms. The number of benzene rings is 1. The number of Topliss-reactive ketones (excluding diaryl/α,β-unsaturated/α-hetero) is 1. The minimum atomic E-state index is -1.77. The number of alkyl carbamates (subject to hydrolysis) is 1. The lowest BCUT2D eigenvalue weighted by Gasteiger charge is -2.33. The minimum absolute atomic E-state index is 0.0101. The van der Waals surface area contributed by atoms with Gasteiger partial charge in [0.1, 0.15) is 12.4 Å². The Morgan fingerprint density at radius 1 is 1.26 bits per heavy atom. The van der Waals surface area contributed by atoms with E-state index in [9.17, 15) is 9.59 Å². The van der Waals surface area contributed by atoms with E-state index >= 15 is 0 Å². The lowest BCUT2D eigenvalue weighted by molar-refractivity contribution is -0.125. The highest BCUT2D eigenvalue weighted by Gasteiger charge is 2.43. The van der Waals surface area contributed by atoms with Crippen LogP contribution in [-0.2, 0) is 16.1 Å². The number of rotatable bonds is 4. The minimum Gasteiger partial charge on any atom is -0.445 e. The van der Waals surface area contributed by atoms with Crippen molar-refractivity contribution in [1.29, 1.82) is 0 Å². The summed E-state index contributed by atoms with van der Waals surface area (Å²) in [6.45, 7) is 0.109. The van der Waals surface area contributed by atoms with Crippen molar-refractivity contribution in [3.8, 4) is 0 Å². The van der Waals surface area contributed by atoms with Crippen LogP contribution in [0.5, 0.6) is 0 Å². The molecule has 2 rings (SSSR count). The normalized spacial score (nSPS) is 20.0. The van der Waals surface area contributed by atoms with Gasteiger partial charge in [0.15, 0.2) is 0 Å². The fourth-order valence-corrected chi connectivity index (χ4v) is 3.28. The predicted octanol–water partition coefficient (Wildman–Crippen LogP) is 4.41. The summed E-state index contributed by atoms with van der Waals surface area (Å²) in [6, 6.07) is 8.35. The standard InChI is InChI=1S/C16H18Cl3NO3/c17-16(18,19)14(12-8-4-5-9-13(12)21)20-15(22)23-10-11-6-2-1-3-7-11/h1-3,6-7,12,14H,4-5,8-10H2,(H,20,22)/t12-,14-/m1/s1. The zero-order valence-corrected chi connectivity index (χ0v) is 14.7. The first kappa shape index (κ1) is 18.4. The SMILES string of the molecule is O=C(N[C@H]([C@@H]1CCCCC1=O)C(Cl)(Cl)Cl)OCc1ccccc1. The number of hydrogen-bond acceptors (Lipinski definition) is 3. The Balaban J connectivity index is 1.97. The molecule has 0 heterocycles. The van der Waals surface area contributed by atoms with Crippen LogP contribution >= 0.6 is 34.8 Å². The van der Waals surface area contributed by atoms with E-state index in [1.54, 1.807) is 0 Å². The predicted molar refractivity (Wildman–Crippen MR) is 90.8 cm³/mol. The van der Waals surface area contributed by atoms with Crippen molar-refractivity contribution in [3.05, 3.63) is 35.9 Å². The maximum atomic E-state index is 12.1. The van der Waals surface area contributed by atoms with Crippen LogP contribution in [0.3, 0.4) is 0 Å². The van der Waals surface area contributed by atoms with Gasteiger partial charge >= 0.3 is 6.09 Å². The number of ether oxygens (including phenoxy) is 1. The van der Waals surface area contributed by atoms with Crippen molar-refractivity contribution in [3.63, 3.8) is 0 Å². The summed E-state index contributed by atoms with van der Waals surface area (Å²) < 4.78 is 3.37. The van der Waals surface area contributed by atoms with E-state index in [1.165, 1.54) is 0 Å². The number of alkyl halides is 3. The Kier molecular flexibility index (Phi) is 6.57. The maximum absolute atomic E-state index is 12.1. The van der Waals surface area contributed by atoms with Crippen LogP contribution in [0.1, 0.15) is 31.2 Å². The second kappa shape index (κ2) is 8.22. The van der Waals surface area contributed by atoms with E-state index in [4.69, 9.17) is 39.5 Å². The topological polar surface area (TPSA) is 55.4 Å². The molecule has 0 bridgehead atoms. The van der Waals surface area contributed by atoms with Crippen molar-refractivity contribution >= 4 is 46.7 Å². The monoisotopic (exact) mass is 377 g/mol. The van der Waals surface area contributed by atoms with Crippen LogP contribution in [0.15, 0.2) is 30.3 Å². The van der Waals surface area contributed by atoms with Crippen molar-refractivity contribution in [2.45, 2.75) is 42.1 Å². The first-order valence-corrected chi connectivity index (χ1v) is 8.58. The summed E-state index contributed by atoms with van der Waals surface area (Å²) in [5.41, 5.74) is 0.849. The van der Waals surface area contributed by atoms with Crippen LogP contribution in [-0.4, -0.2) is 21.7 Å². The number of ketones is 1. The summed E-state index contributed by atoms with van der Waals surface area (Å²) in [5.74, 6) is -0.489. The Bertz CT molecular complexity index is 545. The highest BCUT2D eigenvalue weighted by Crippen LogP contribution is 2.38. The maximum Gasteiger partial charge on any atom is 0.407 e. The fraction of sp³-hybridized carbons (Fsp3) is 0.500. The molecule has 0 saturated heterocycles. The average Bonchev–Trinajstić information content (AvgIpc) is 2.51. The molecule has 0 radical (unpaired) electrons. The van der Waals surface area contributed by atoms with Gasteiger partial charge in [-0.3, -0.25) is 4.79 Å². The third-order valence-corrected chi connectivity index (χ3v) is 4.55. The summed E-state index contributed by atoms with van der Waals surface area (Å²) in [6.07, 6.45) is 2.04. The summed E-state index contributed by atoms with van der Waals surface area (Å²) in [5, 5.41) is 2.55. The molecule has 126 valence electrons. The highest BCUT2D eigenvalue weighted by molar-refractivity contribution is 6.68. The molecular weight excluding hydrogens is 361 g/mol. The second-order valence-electron chi connectivity index (χ2n) is 5.54. The van der Waals surface area contributed by atoms with Crippen LogP contribution < -0.4 is 5.32 Å². The molecule has 7 heteroatoms. The molecule has 1 aliphatic carbocycles. The summed E-state index contributed by atoms with van der Waals surface area (Å²) in [4.78, 5) is 24.1. The zero-order valence-electron chi connectivity index (χ0n) is 12.4. The van der Waals surface area contributed by atoms with Crippen LogP contribution in [0, 0.1) is 5.92 Å². The molecule has 4 nitrogen and oxygen atoms in total. The Morgan fingerprint density at radius 3 is 2.57 bits per heavy atom. The van der Waals surface area contributed by atoms with Gasteiger partial charge in [0.25, 0.3) is 0 Å². The number of amides is 1. The largest absolute Gasteiger partial charge is 0.445 e. The van der Waals surface area contributed by atoms with Crippen LogP contribution in [0.4, 0.5) is 4.79 Å². The third-order valence-electron chi connectivity index (χ3n) is 3.84. The second-order valence-corrected chi connectivity index (χ2v) is 7.91. The van der Waals surface area contributed by atoms with E-state index in [2.05, 4.69) is 5.32 Å². The van der Waals surface area contributed by atoms with E-state index < -0.39 is 21.8 Å². The summed E-state index contributed by atoms with van der Waals surface area (Å²) in [7, 11) is 0. The van der Waals surface area contributed by atoms with Gasteiger partial charge in [0.2, 0.25) is 3.79 Å².